The fourth-order valence-corrected chi connectivity index (χ4v) is 2.24. The second kappa shape index (κ2) is 5.95. The number of halogens is 5. The van der Waals surface area contributed by atoms with Crippen LogP contribution in [0.5, 0.6) is 0 Å². The predicted octanol–water partition coefficient (Wildman–Crippen LogP) is 2.01. The number of alkyl halides is 4. The van der Waals surface area contributed by atoms with E-state index in [0.29, 0.717) is 4.47 Å². The zero-order valence-electron chi connectivity index (χ0n) is 11.1. The molecule has 0 aliphatic carbocycles. The van der Waals surface area contributed by atoms with Gasteiger partial charge in [0.1, 0.15) is 11.8 Å². The van der Waals surface area contributed by atoms with Crippen LogP contribution in [0.3, 0.4) is 0 Å². The van der Waals surface area contributed by atoms with E-state index >= 15 is 0 Å². The van der Waals surface area contributed by atoms with E-state index in [-0.39, 0.29) is 5.01 Å². The molecule has 2 rings (SSSR count). The quantitative estimate of drug-likeness (QED) is 0.804. The normalized spacial score (nSPS) is 23.3. The van der Waals surface area contributed by atoms with Gasteiger partial charge in [0.2, 0.25) is 5.72 Å². The van der Waals surface area contributed by atoms with Crippen LogP contribution in [0.25, 0.3) is 0 Å². The van der Waals surface area contributed by atoms with Crippen LogP contribution in [0.15, 0.2) is 22.0 Å². The van der Waals surface area contributed by atoms with Gasteiger partial charge in [0.05, 0.1) is 10.7 Å². The van der Waals surface area contributed by atoms with Crippen molar-refractivity contribution >= 4 is 27.5 Å². The van der Waals surface area contributed by atoms with Crippen molar-refractivity contribution in [3.8, 4) is 0 Å². The topological polar surface area (TPSA) is 70.7 Å². The standard InChI is InChI=1S/C11H11BrF4N4O2/c1-5(19-4-6(12)3-17-19)9(21)20-11(22,10(15)16)2-7(18-20)8(13)14/h3-5,8,10,22H,2H2,1H3. The fourth-order valence-electron chi connectivity index (χ4n) is 1.94. The first-order valence-electron chi connectivity index (χ1n) is 6.06. The van der Waals surface area contributed by atoms with Crippen molar-refractivity contribution in [2.24, 2.45) is 5.10 Å². The van der Waals surface area contributed by atoms with E-state index in [1.54, 1.807) is 0 Å². The van der Waals surface area contributed by atoms with E-state index < -0.39 is 42.7 Å². The number of hydrogen-bond donors (Lipinski definition) is 1. The summed E-state index contributed by atoms with van der Waals surface area (Å²) in [5.74, 6) is -1.07. The third-order valence-electron chi connectivity index (χ3n) is 3.17. The minimum atomic E-state index is -3.45. The van der Waals surface area contributed by atoms with Crippen molar-refractivity contribution in [2.45, 2.75) is 38.0 Å². The van der Waals surface area contributed by atoms with E-state index in [9.17, 15) is 27.5 Å². The molecule has 1 amide bonds. The zero-order chi connectivity index (χ0) is 16.7. The molecule has 1 aliphatic rings. The summed E-state index contributed by atoms with van der Waals surface area (Å²) in [7, 11) is 0. The summed E-state index contributed by atoms with van der Waals surface area (Å²) >= 11 is 3.10. The van der Waals surface area contributed by atoms with Crippen molar-refractivity contribution < 1.29 is 27.5 Å². The highest BCUT2D eigenvalue weighted by Crippen LogP contribution is 2.34. The number of amides is 1. The van der Waals surface area contributed by atoms with Crippen molar-refractivity contribution in [1.29, 1.82) is 0 Å². The molecular weight excluding hydrogens is 376 g/mol. The molecule has 122 valence electrons. The third kappa shape index (κ3) is 2.86. The van der Waals surface area contributed by atoms with Crippen LogP contribution >= 0.6 is 15.9 Å². The smallest absolute Gasteiger partial charge is 0.287 e. The van der Waals surface area contributed by atoms with E-state index in [2.05, 4.69) is 26.1 Å². The summed E-state index contributed by atoms with van der Waals surface area (Å²) in [5, 5.41) is 16.9. The molecule has 0 fully saturated rings. The Kier molecular flexibility index (Phi) is 4.57. The Labute approximate surface area is 130 Å². The highest BCUT2D eigenvalue weighted by atomic mass is 79.9. The second-order valence-electron chi connectivity index (χ2n) is 4.71. The minimum Gasteiger partial charge on any atom is -0.364 e. The molecule has 1 aliphatic heterocycles. The van der Waals surface area contributed by atoms with Gasteiger partial charge in [-0.3, -0.25) is 9.48 Å². The van der Waals surface area contributed by atoms with Gasteiger partial charge < -0.3 is 5.11 Å². The number of aliphatic hydroxyl groups is 1. The molecular formula is C11H11BrF4N4O2. The maximum Gasteiger partial charge on any atom is 0.287 e. The van der Waals surface area contributed by atoms with Gasteiger partial charge >= 0.3 is 0 Å². The first-order valence-corrected chi connectivity index (χ1v) is 6.86. The Morgan fingerprint density at radius 2 is 2.09 bits per heavy atom. The van der Waals surface area contributed by atoms with Gasteiger partial charge in [-0.25, -0.2) is 17.6 Å². The molecule has 0 saturated carbocycles. The first kappa shape index (κ1) is 16.9. The average Bonchev–Trinajstić information content (AvgIpc) is 3.02. The van der Waals surface area contributed by atoms with Crippen LogP contribution in [0.2, 0.25) is 0 Å². The lowest BCUT2D eigenvalue weighted by atomic mass is 10.1. The zero-order valence-corrected chi connectivity index (χ0v) is 12.7. The van der Waals surface area contributed by atoms with Crippen LogP contribution in [-0.4, -0.2) is 50.1 Å². The average molecular weight is 387 g/mol. The fraction of sp³-hybridized carbons (Fsp3) is 0.545. The maximum atomic E-state index is 13.0. The van der Waals surface area contributed by atoms with Gasteiger partial charge in [0, 0.05) is 12.6 Å². The number of carbonyl (C=O) groups is 1. The largest absolute Gasteiger partial charge is 0.364 e. The van der Waals surface area contributed by atoms with Gasteiger partial charge in [-0.05, 0) is 22.9 Å². The molecule has 11 heteroatoms. The summed E-state index contributed by atoms with van der Waals surface area (Å²) in [6.07, 6.45) is -4.94. The molecule has 1 aromatic heterocycles. The molecule has 0 spiro atoms. The van der Waals surface area contributed by atoms with Crippen molar-refractivity contribution in [3.05, 3.63) is 16.9 Å². The molecule has 22 heavy (non-hydrogen) atoms. The van der Waals surface area contributed by atoms with Crippen LogP contribution < -0.4 is 0 Å². The van der Waals surface area contributed by atoms with Crippen molar-refractivity contribution in [1.82, 2.24) is 14.8 Å². The predicted molar refractivity (Wildman–Crippen MR) is 70.5 cm³/mol. The number of hydrazone groups is 1. The third-order valence-corrected chi connectivity index (χ3v) is 3.58. The van der Waals surface area contributed by atoms with Gasteiger partial charge in [-0.1, -0.05) is 0 Å². The SMILES string of the molecule is CC(C(=O)N1N=C(C(F)F)CC1(O)C(F)F)n1cc(Br)cn1. The van der Waals surface area contributed by atoms with Crippen LogP contribution in [0.4, 0.5) is 17.6 Å². The molecule has 6 nitrogen and oxygen atoms in total. The van der Waals surface area contributed by atoms with Crippen molar-refractivity contribution in [3.63, 3.8) is 0 Å². The Balaban J connectivity index is 2.32. The molecule has 2 heterocycles. The molecule has 2 atom stereocenters. The molecule has 1 aromatic rings. The second-order valence-corrected chi connectivity index (χ2v) is 5.63. The van der Waals surface area contributed by atoms with Gasteiger partial charge in [0.25, 0.3) is 18.8 Å². The van der Waals surface area contributed by atoms with Crippen LogP contribution in [0, 0.1) is 0 Å². The summed E-state index contributed by atoms with van der Waals surface area (Å²) in [4.78, 5) is 12.2. The number of hydrogen-bond acceptors (Lipinski definition) is 4. The summed E-state index contributed by atoms with van der Waals surface area (Å²) in [5.41, 5.74) is -4.05. The highest BCUT2D eigenvalue weighted by molar-refractivity contribution is 9.10. The monoisotopic (exact) mass is 386 g/mol. The van der Waals surface area contributed by atoms with Gasteiger partial charge in [-0.2, -0.15) is 15.2 Å². The summed E-state index contributed by atoms with van der Waals surface area (Å²) in [6.45, 7) is 1.32. The molecule has 0 bridgehead atoms. The van der Waals surface area contributed by atoms with Crippen LogP contribution in [-0.2, 0) is 4.79 Å². The lowest BCUT2D eigenvalue weighted by molar-refractivity contribution is -0.194. The molecule has 1 N–H and O–H groups in total. The van der Waals surface area contributed by atoms with E-state index in [4.69, 9.17) is 0 Å². The maximum absolute atomic E-state index is 13.0. The van der Waals surface area contributed by atoms with E-state index in [1.165, 1.54) is 19.3 Å². The molecule has 0 saturated heterocycles. The Morgan fingerprint density at radius 3 is 2.55 bits per heavy atom. The minimum absolute atomic E-state index is 0.0272. The van der Waals surface area contributed by atoms with Gasteiger partial charge in [0.15, 0.2) is 0 Å². The van der Waals surface area contributed by atoms with Gasteiger partial charge in [-0.15, -0.1) is 0 Å². The number of aromatic nitrogens is 2. The lowest BCUT2D eigenvalue weighted by Gasteiger charge is -2.31. The number of nitrogens with zero attached hydrogens (tertiary/aromatic N) is 4. The van der Waals surface area contributed by atoms with Crippen molar-refractivity contribution in [2.75, 3.05) is 0 Å². The summed E-state index contributed by atoms with van der Waals surface area (Å²) in [6, 6.07) is -1.11. The van der Waals surface area contributed by atoms with E-state index in [0.717, 1.165) is 4.68 Å². The number of rotatable bonds is 4. The Morgan fingerprint density at radius 1 is 1.45 bits per heavy atom. The number of carbonyl (C=O) groups excluding carboxylic acids is 1. The van der Waals surface area contributed by atoms with E-state index in [1.807, 2.05) is 0 Å². The lowest BCUT2D eigenvalue weighted by Crippen LogP contribution is -2.53. The highest BCUT2D eigenvalue weighted by Gasteiger charge is 2.54. The molecule has 0 radical (unpaired) electrons. The summed E-state index contributed by atoms with van der Waals surface area (Å²) < 4.78 is 53.1. The Hall–Kier alpha value is -1.49. The first-order chi connectivity index (χ1) is 10.2. The van der Waals surface area contributed by atoms with Crippen LogP contribution in [0.1, 0.15) is 19.4 Å². The molecule has 2 unspecified atom stereocenters. The Bertz CT molecular complexity index is 609. The molecule has 0 aromatic carbocycles.